The zero-order valence-electron chi connectivity index (χ0n) is 10.3. The Bertz CT molecular complexity index is 366. The Morgan fingerprint density at radius 2 is 2.18 bits per heavy atom. The number of aliphatic hydroxyl groups is 1. The molecule has 3 nitrogen and oxygen atoms in total. The highest BCUT2D eigenvalue weighted by Gasteiger charge is 2.03. The molecule has 94 valence electrons. The Labute approximate surface area is 107 Å². The van der Waals surface area contributed by atoms with E-state index in [0.29, 0.717) is 6.42 Å². The normalized spacial score (nSPS) is 10.3. The average molecular weight is 253 g/mol. The number of rotatable bonds is 6. The molecule has 0 spiro atoms. The first kappa shape index (κ1) is 14.1. The molecule has 4 heteroatoms. The van der Waals surface area contributed by atoms with Gasteiger partial charge in [-0.25, -0.2) is 0 Å². The van der Waals surface area contributed by atoms with Crippen LogP contribution < -0.4 is 0 Å². The van der Waals surface area contributed by atoms with Gasteiger partial charge in [0.25, 0.3) is 0 Å². The van der Waals surface area contributed by atoms with Crippen molar-refractivity contribution in [1.29, 1.82) is 0 Å². The average Bonchev–Trinajstić information content (AvgIpc) is 2.34. The predicted octanol–water partition coefficient (Wildman–Crippen LogP) is 2.14. The molecule has 1 N–H and O–H groups in total. The van der Waals surface area contributed by atoms with Crippen LogP contribution in [-0.4, -0.2) is 35.8 Å². The summed E-state index contributed by atoms with van der Waals surface area (Å²) in [5.74, 6) is 1.10. The molecule has 1 amide bonds. The lowest BCUT2D eigenvalue weighted by atomic mass is 10.2. The summed E-state index contributed by atoms with van der Waals surface area (Å²) >= 11 is 1.72. The van der Waals surface area contributed by atoms with Crippen molar-refractivity contribution in [3.63, 3.8) is 0 Å². The highest BCUT2D eigenvalue weighted by Crippen LogP contribution is 2.20. The molecule has 0 bridgehead atoms. The third-order valence-corrected chi connectivity index (χ3v) is 3.46. The summed E-state index contributed by atoms with van der Waals surface area (Å²) in [7, 11) is 3.56. The van der Waals surface area contributed by atoms with Crippen LogP contribution in [0, 0.1) is 0 Å². The lowest BCUT2D eigenvalue weighted by Crippen LogP contribution is -2.21. The minimum Gasteiger partial charge on any atom is -0.392 e. The number of carbonyl (C=O) groups is 1. The molecule has 0 aliphatic carbocycles. The predicted molar refractivity (Wildman–Crippen MR) is 71.0 cm³/mol. The van der Waals surface area contributed by atoms with Crippen molar-refractivity contribution in [2.24, 2.45) is 0 Å². The van der Waals surface area contributed by atoms with Crippen LogP contribution in [-0.2, 0) is 11.4 Å². The number of amides is 1. The van der Waals surface area contributed by atoms with E-state index in [1.165, 1.54) is 0 Å². The molecule has 0 aliphatic rings. The molecular formula is C13H19NO2S. The highest BCUT2D eigenvalue weighted by molar-refractivity contribution is 7.99. The van der Waals surface area contributed by atoms with Gasteiger partial charge in [-0.05, 0) is 29.9 Å². The standard InChI is InChI=1S/C13H19NO2S/c1-14(2)13(16)7-4-8-17-12-6-3-5-11(9-12)10-15/h3,5-6,9,15H,4,7-8,10H2,1-2H3. The van der Waals surface area contributed by atoms with Gasteiger partial charge in [0.05, 0.1) is 6.61 Å². The summed E-state index contributed by atoms with van der Waals surface area (Å²) in [5, 5.41) is 9.01. The van der Waals surface area contributed by atoms with E-state index in [-0.39, 0.29) is 12.5 Å². The van der Waals surface area contributed by atoms with Crippen LogP contribution in [0.1, 0.15) is 18.4 Å². The number of thioether (sulfide) groups is 1. The molecule has 1 aromatic rings. The van der Waals surface area contributed by atoms with Crippen LogP contribution in [0.5, 0.6) is 0 Å². The van der Waals surface area contributed by atoms with Crippen LogP contribution in [0.25, 0.3) is 0 Å². The zero-order valence-corrected chi connectivity index (χ0v) is 11.2. The Morgan fingerprint density at radius 3 is 2.82 bits per heavy atom. The third-order valence-electron chi connectivity index (χ3n) is 2.38. The van der Waals surface area contributed by atoms with Crippen molar-refractivity contribution >= 4 is 17.7 Å². The lowest BCUT2D eigenvalue weighted by molar-refractivity contribution is -0.128. The monoisotopic (exact) mass is 253 g/mol. The number of nitrogens with zero attached hydrogens (tertiary/aromatic N) is 1. The maximum Gasteiger partial charge on any atom is 0.222 e. The Kier molecular flexibility index (Phi) is 6.08. The van der Waals surface area contributed by atoms with Crippen molar-refractivity contribution in [2.45, 2.75) is 24.3 Å². The Morgan fingerprint density at radius 1 is 1.41 bits per heavy atom. The first-order valence-electron chi connectivity index (χ1n) is 5.66. The maximum absolute atomic E-state index is 11.3. The van der Waals surface area contributed by atoms with E-state index >= 15 is 0 Å². The van der Waals surface area contributed by atoms with Crippen molar-refractivity contribution in [3.05, 3.63) is 29.8 Å². The molecule has 1 rings (SSSR count). The highest BCUT2D eigenvalue weighted by atomic mass is 32.2. The fraction of sp³-hybridized carbons (Fsp3) is 0.462. The van der Waals surface area contributed by atoms with E-state index in [9.17, 15) is 4.79 Å². The number of aliphatic hydroxyl groups excluding tert-OH is 1. The quantitative estimate of drug-likeness (QED) is 0.624. The van der Waals surface area contributed by atoms with Crippen molar-refractivity contribution in [2.75, 3.05) is 19.8 Å². The topological polar surface area (TPSA) is 40.5 Å². The van der Waals surface area contributed by atoms with E-state index in [4.69, 9.17) is 5.11 Å². The number of hydrogen-bond acceptors (Lipinski definition) is 3. The van der Waals surface area contributed by atoms with Crippen LogP contribution in [0.4, 0.5) is 0 Å². The van der Waals surface area contributed by atoms with Gasteiger partial charge < -0.3 is 10.0 Å². The van der Waals surface area contributed by atoms with Crippen molar-refractivity contribution in [3.8, 4) is 0 Å². The van der Waals surface area contributed by atoms with Crippen molar-refractivity contribution < 1.29 is 9.90 Å². The summed E-state index contributed by atoms with van der Waals surface area (Å²) in [6.07, 6.45) is 1.48. The summed E-state index contributed by atoms with van der Waals surface area (Å²) in [6, 6.07) is 7.86. The Hall–Kier alpha value is -1.00. The fourth-order valence-corrected chi connectivity index (χ4v) is 2.30. The van der Waals surface area contributed by atoms with Crippen LogP contribution in [0.15, 0.2) is 29.2 Å². The third kappa shape index (κ3) is 5.24. The second-order valence-corrected chi connectivity index (χ2v) is 5.21. The number of hydrogen-bond donors (Lipinski definition) is 1. The Balaban J connectivity index is 2.28. The minimum absolute atomic E-state index is 0.0769. The molecule has 0 radical (unpaired) electrons. The van der Waals surface area contributed by atoms with Gasteiger partial charge in [0, 0.05) is 25.4 Å². The van der Waals surface area contributed by atoms with Gasteiger partial charge in [0.1, 0.15) is 0 Å². The lowest BCUT2D eigenvalue weighted by Gasteiger charge is -2.09. The van der Waals surface area contributed by atoms with E-state index in [2.05, 4.69) is 0 Å². The molecule has 0 atom stereocenters. The molecule has 0 aliphatic heterocycles. The molecule has 0 saturated heterocycles. The summed E-state index contributed by atoms with van der Waals surface area (Å²) in [6.45, 7) is 0.0769. The zero-order chi connectivity index (χ0) is 12.7. The molecule has 17 heavy (non-hydrogen) atoms. The first-order chi connectivity index (χ1) is 8.13. The first-order valence-corrected chi connectivity index (χ1v) is 6.65. The molecule has 0 fully saturated rings. The van der Waals surface area contributed by atoms with E-state index in [0.717, 1.165) is 22.6 Å². The SMILES string of the molecule is CN(C)C(=O)CCCSc1cccc(CO)c1. The molecule has 0 saturated carbocycles. The van der Waals surface area contributed by atoms with Crippen LogP contribution in [0.2, 0.25) is 0 Å². The smallest absolute Gasteiger partial charge is 0.222 e. The van der Waals surface area contributed by atoms with E-state index < -0.39 is 0 Å². The molecule has 0 aromatic heterocycles. The summed E-state index contributed by atoms with van der Waals surface area (Å²) in [4.78, 5) is 14.1. The summed E-state index contributed by atoms with van der Waals surface area (Å²) in [5.41, 5.74) is 0.930. The maximum atomic E-state index is 11.3. The van der Waals surface area contributed by atoms with Gasteiger partial charge in [0.15, 0.2) is 0 Å². The number of carbonyl (C=O) groups excluding carboxylic acids is 1. The molecule has 0 heterocycles. The molecule has 1 aromatic carbocycles. The number of benzene rings is 1. The van der Waals surface area contributed by atoms with Gasteiger partial charge in [-0.1, -0.05) is 12.1 Å². The second kappa shape index (κ2) is 7.35. The van der Waals surface area contributed by atoms with Crippen LogP contribution >= 0.6 is 11.8 Å². The fourth-order valence-electron chi connectivity index (χ4n) is 1.37. The van der Waals surface area contributed by atoms with Gasteiger partial charge in [-0.3, -0.25) is 4.79 Å². The van der Waals surface area contributed by atoms with Gasteiger partial charge in [0.2, 0.25) is 5.91 Å². The van der Waals surface area contributed by atoms with E-state index in [1.807, 2.05) is 24.3 Å². The van der Waals surface area contributed by atoms with Gasteiger partial charge in [-0.15, -0.1) is 11.8 Å². The van der Waals surface area contributed by atoms with Gasteiger partial charge >= 0.3 is 0 Å². The van der Waals surface area contributed by atoms with Gasteiger partial charge in [-0.2, -0.15) is 0 Å². The molecule has 0 unspecified atom stereocenters. The van der Waals surface area contributed by atoms with Crippen LogP contribution in [0.3, 0.4) is 0 Å². The van der Waals surface area contributed by atoms with E-state index in [1.54, 1.807) is 30.8 Å². The largest absolute Gasteiger partial charge is 0.392 e. The summed E-state index contributed by atoms with van der Waals surface area (Å²) < 4.78 is 0. The molecular weight excluding hydrogens is 234 g/mol. The van der Waals surface area contributed by atoms with Crippen molar-refractivity contribution in [1.82, 2.24) is 4.90 Å². The second-order valence-electron chi connectivity index (χ2n) is 4.05. The minimum atomic E-state index is 0.0769.